The molecule has 0 aliphatic heterocycles. The molecule has 0 unspecified atom stereocenters. The van der Waals surface area contributed by atoms with Gasteiger partial charge in [-0.05, 0) is 24.3 Å². The third kappa shape index (κ3) is 3.92. The number of rotatable bonds is 6. The van der Waals surface area contributed by atoms with Crippen molar-refractivity contribution in [1.29, 1.82) is 0 Å². The van der Waals surface area contributed by atoms with Crippen LogP contribution in [-0.2, 0) is 0 Å². The first kappa shape index (κ1) is 15.2. The van der Waals surface area contributed by atoms with Crippen molar-refractivity contribution in [1.82, 2.24) is 10.3 Å². The van der Waals surface area contributed by atoms with E-state index < -0.39 is 16.4 Å². The van der Waals surface area contributed by atoms with Crippen LogP contribution in [-0.4, -0.2) is 28.9 Å². The number of carbonyl (C=O) groups is 1. The lowest BCUT2D eigenvalue weighted by molar-refractivity contribution is -0.384. The van der Waals surface area contributed by atoms with Crippen LogP contribution < -0.4 is 16.2 Å². The number of pyridine rings is 1. The number of nitro groups is 1. The monoisotopic (exact) mass is 302 g/mol. The van der Waals surface area contributed by atoms with Gasteiger partial charge in [0.1, 0.15) is 5.56 Å². The Morgan fingerprint density at radius 2 is 1.91 bits per heavy atom. The van der Waals surface area contributed by atoms with E-state index in [1.54, 1.807) is 18.2 Å². The van der Waals surface area contributed by atoms with Gasteiger partial charge in [0.25, 0.3) is 17.2 Å². The SMILES string of the molecule is O=C(NCCNc1ccc([N+](=O)[O-])cc1)c1ccc[nH]c1=O. The number of nitro benzene ring substituents is 1. The van der Waals surface area contributed by atoms with Gasteiger partial charge in [0.05, 0.1) is 4.92 Å². The molecule has 1 aromatic heterocycles. The summed E-state index contributed by atoms with van der Waals surface area (Å²) in [4.78, 5) is 35.7. The predicted octanol–water partition coefficient (Wildman–Crippen LogP) is 1.12. The van der Waals surface area contributed by atoms with E-state index >= 15 is 0 Å². The van der Waals surface area contributed by atoms with E-state index in [0.29, 0.717) is 18.8 Å². The second kappa shape index (κ2) is 7.02. The van der Waals surface area contributed by atoms with Crippen molar-refractivity contribution in [2.45, 2.75) is 0 Å². The van der Waals surface area contributed by atoms with Gasteiger partial charge in [0.2, 0.25) is 0 Å². The van der Waals surface area contributed by atoms with E-state index in [1.807, 2.05) is 0 Å². The average Bonchev–Trinajstić information content (AvgIpc) is 2.52. The molecule has 1 amide bonds. The lowest BCUT2D eigenvalue weighted by Crippen LogP contribution is -2.32. The Labute approximate surface area is 125 Å². The molecule has 0 fully saturated rings. The molecule has 2 aromatic rings. The molecule has 22 heavy (non-hydrogen) atoms. The standard InChI is InChI=1S/C14H14N4O4/c19-13-12(2-1-7-16-13)14(20)17-9-8-15-10-3-5-11(6-4-10)18(21)22/h1-7,15H,8-9H2,(H,16,19)(H,17,20). The predicted molar refractivity (Wildman–Crippen MR) is 81.0 cm³/mol. The number of anilines is 1. The Morgan fingerprint density at radius 1 is 1.18 bits per heavy atom. The summed E-state index contributed by atoms with van der Waals surface area (Å²) in [7, 11) is 0. The van der Waals surface area contributed by atoms with E-state index in [2.05, 4.69) is 15.6 Å². The van der Waals surface area contributed by atoms with E-state index in [-0.39, 0.29) is 11.3 Å². The smallest absolute Gasteiger partial charge is 0.269 e. The van der Waals surface area contributed by atoms with E-state index in [4.69, 9.17) is 0 Å². The van der Waals surface area contributed by atoms with Crippen molar-refractivity contribution in [3.8, 4) is 0 Å². The van der Waals surface area contributed by atoms with Crippen molar-refractivity contribution in [2.75, 3.05) is 18.4 Å². The molecule has 0 bridgehead atoms. The molecule has 0 spiro atoms. The molecule has 0 aliphatic carbocycles. The summed E-state index contributed by atoms with van der Waals surface area (Å²) >= 11 is 0. The third-order valence-electron chi connectivity index (χ3n) is 2.88. The zero-order valence-electron chi connectivity index (χ0n) is 11.5. The second-order valence-electron chi connectivity index (χ2n) is 4.40. The fourth-order valence-electron chi connectivity index (χ4n) is 1.78. The topological polar surface area (TPSA) is 117 Å². The Hall–Kier alpha value is -3.16. The van der Waals surface area contributed by atoms with E-state index in [1.165, 1.54) is 24.4 Å². The minimum absolute atomic E-state index is 0.0159. The molecule has 0 atom stereocenters. The lowest BCUT2D eigenvalue weighted by atomic mass is 10.2. The quantitative estimate of drug-likeness (QED) is 0.420. The molecule has 0 saturated carbocycles. The molecule has 2 rings (SSSR count). The molecule has 1 aromatic carbocycles. The van der Waals surface area contributed by atoms with E-state index in [9.17, 15) is 19.7 Å². The van der Waals surface area contributed by atoms with Gasteiger partial charge in [0, 0.05) is 37.1 Å². The number of hydrogen-bond acceptors (Lipinski definition) is 5. The van der Waals surface area contributed by atoms with Crippen molar-refractivity contribution in [2.24, 2.45) is 0 Å². The van der Waals surface area contributed by atoms with Crippen LogP contribution in [0.2, 0.25) is 0 Å². The summed E-state index contributed by atoms with van der Waals surface area (Å²) in [5.41, 5.74) is 0.334. The Morgan fingerprint density at radius 3 is 2.55 bits per heavy atom. The van der Waals surface area contributed by atoms with Gasteiger partial charge < -0.3 is 15.6 Å². The first-order valence-electron chi connectivity index (χ1n) is 6.52. The highest BCUT2D eigenvalue weighted by Crippen LogP contribution is 2.14. The van der Waals surface area contributed by atoms with E-state index in [0.717, 1.165) is 0 Å². The lowest BCUT2D eigenvalue weighted by Gasteiger charge is -2.07. The molecule has 0 radical (unpaired) electrons. The normalized spacial score (nSPS) is 10.0. The van der Waals surface area contributed by atoms with Crippen LogP contribution in [0, 0.1) is 10.1 Å². The second-order valence-corrected chi connectivity index (χ2v) is 4.40. The van der Waals surface area contributed by atoms with Gasteiger partial charge >= 0.3 is 0 Å². The van der Waals surface area contributed by atoms with Crippen LogP contribution in [0.1, 0.15) is 10.4 Å². The summed E-state index contributed by atoms with van der Waals surface area (Å²) in [6, 6.07) is 8.97. The molecule has 114 valence electrons. The number of nitrogens with one attached hydrogen (secondary N) is 3. The molecular formula is C14H14N4O4. The van der Waals surface area contributed by atoms with Crippen molar-refractivity contribution >= 4 is 17.3 Å². The molecule has 8 nitrogen and oxygen atoms in total. The van der Waals surface area contributed by atoms with Crippen LogP contribution in [0.4, 0.5) is 11.4 Å². The van der Waals surface area contributed by atoms with Crippen LogP contribution in [0.5, 0.6) is 0 Å². The summed E-state index contributed by atoms with van der Waals surface area (Å²) in [6.07, 6.45) is 1.45. The molecule has 8 heteroatoms. The highest BCUT2D eigenvalue weighted by Gasteiger charge is 2.08. The fourth-order valence-corrected chi connectivity index (χ4v) is 1.78. The number of non-ortho nitro benzene ring substituents is 1. The molecule has 1 heterocycles. The third-order valence-corrected chi connectivity index (χ3v) is 2.88. The number of amides is 1. The number of hydrogen-bond donors (Lipinski definition) is 3. The van der Waals surface area contributed by atoms with Crippen LogP contribution in [0.15, 0.2) is 47.4 Å². The largest absolute Gasteiger partial charge is 0.383 e. The highest BCUT2D eigenvalue weighted by atomic mass is 16.6. The maximum absolute atomic E-state index is 11.8. The maximum atomic E-state index is 11.8. The fraction of sp³-hybridized carbons (Fsp3) is 0.143. The Kier molecular flexibility index (Phi) is 4.86. The molecule has 0 saturated heterocycles. The van der Waals surface area contributed by atoms with Crippen molar-refractivity contribution < 1.29 is 9.72 Å². The Balaban J connectivity index is 1.80. The number of aromatic nitrogens is 1. The van der Waals surface area contributed by atoms with Gasteiger partial charge in [-0.3, -0.25) is 19.7 Å². The Bertz CT molecular complexity index is 724. The first-order chi connectivity index (χ1) is 10.6. The number of carbonyl (C=O) groups excluding carboxylic acids is 1. The van der Waals surface area contributed by atoms with Crippen molar-refractivity contribution in [3.05, 3.63) is 68.6 Å². The van der Waals surface area contributed by atoms with Crippen LogP contribution in [0.25, 0.3) is 0 Å². The van der Waals surface area contributed by atoms with Gasteiger partial charge in [-0.25, -0.2) is 0 Å². The zero-order chi connectivity index (χ0) is 15.9. The number of nitrogens with zero attached hydrogens (tertiary/aromatic N) is 1. The molecular weight excluding hydrogens is 288 g/mol. The minimum atomic E-state index is -0.471. The summed E-state index contributed by atoms with van der Waals surface area (Å²) in [5.74, 6) is -0.452. The minimum Gasteiger partial charge on any atom is -0.383 e. The maximum Gasteiger partial charge on any atom is 0.269 e. The van der Waals surface area contributed by atoms with Gasteiger partial charge in [-0.15, -0.1) is 0 Å². The summed E-state index contributed by atoms with van der Waals surface area (Å²) in [6.45, 7) is 0.735. The van der Waals surface area contributed by atoms with Gasteiger partial charge in [-0.1, -0.05) is 0 Å². The number of benzene rings is 1. The number of aromatic amines is 1. The van der Waals surface area contributed by atoms with Crippen LogP contribution >= 0.6 is 0 Å². The highest BCUT2D eigenvalue weighted by molar-refractivity contribution is 5.93. The first-order valence-corrected chi connectivity index (χ1v) is 6.52. The summed E-state index contributed by atoms with van der Waals surface area (Å²) < 4.78 is 0. The molecule has 3 N–H and O–H groups in total. The van der Waals surface area contributed by atoms with Gasteiger partial charge in [-0.2, -0.15) is 0 Å². The van der Waals surface area contributed by atoms with Crippen LogP contribution in [0.3, 0.4) is 0 Å². The summed E-state index contributed by atoms with van der Waals surface area (Å²) in [5, 5.41) is 16.1. The molecule has 0 aliphatic rings. The average molecular weight is 302 g/mol. The van der Waals surface area contributed by atoms with Crippen molar-refractivity contribution in [3.63, 3.8) is 0 Å². The zero-order valence-corrected chi connectivity index (χ0v) is 11.5. The number of H-pyrrole nitrogens is 1. The van der Waals surface area contributed by atoms with Gasteiger partial charge in [0.15, 0.2) is 0 Å².